The third kappa shape index (κ3) is 8.21. The first-order chi connectivity index (χ1) is 13.0. The van der Waals surface area contributed by atoms with E-state index in [1.165, 1.54) is 6.07 Å². The minimum Gasteiger partial charge on any atom is -0.506 e. The predicted molar refractivity (Wildman–Crippen MR) is 115 cm³/mol. The fraction of sp³-hybridized carbons (Fsp3) is 0.250. The third-order valence-electron chi connectivity index (χ3n) is 3.76. The Hall–Kier alpha value is -2.42. The average Bonchev–Trinajstić information content (AvgIpc) is 2.65. The van der Waals surface area contributed by atoms with Gasteiger partial charge in [0.25, 0.3) is 0 Å². The first kappa shape index (κ1) is 20.9. The molecule has 0 saturated carbocycles. The van der Waals surface area contributed by atoms with Crippen LogP contribution in [0.3, 0.4) is 0 Å². The van der Waals surface area contributed by atoms with Crippen LogP contribution in [0.2, 0.25) is 0 Å². The van der Waals surface area contributed by atoms with Gasteiger partial charge in [-0.25, -0.2) is 5.43 Å². The number of para-hydroxylation sites is 2. The Morgan fingerprint density at radius 2 is 1.63 bits per heavy atom. The highest BCUT2D eigenvalue weighted by Crippen LogP contribution is 2.21. The van der Waals surface area contributed by atoms with Crippen molar-refractivity contribution in [1.29, 1.82) is 0 Å². The summed E-state index contributed by atoms with van der Waals surface area (Å²) in [5, 5.41) is 16.2. The summed E-state index contributed by atoms with van der Waals surface area (Å²) in [6.07, 6.45) is 4.46. The zero-order valence-electron chi connectivity index (χ0n) is 14.8. The monoisotopic (exact) mass is 479 g/mol. The standard InChI is InChI=1S/C20H22IN3O3/c21-16-12-10-15(11-13-16)14-22-24-20(27)9-3-1-2-8-19(26)23-17-6-4-5-7-18(17)25/h4-7,10-14,25H,1-3,8-9H2,(H,23,26)(H,24,27)/b22-14+. The van der Waals surface area contributed by atoms with Gasteiger partial charge in [0.2, 0.25) is 11.8 Å². The Kier molecular flexibility index (Phi) is 8.76. The Morgan fingerprint density at radius 3 is 2.33 bits per heavy atom. The molecular weight excluding hydrogens is 457 g/mol. The highest BCUT2D eigenvalue weighted by Gasteiger charge is 2.06. The van der Waals surface area contributed by atoms with Crippen molar-refractivity contribution in [2.24, 2.45) is 5.10 Å². The number of carbonyl (C=O) groups excluding carboxylic acids is 2. The Balaban J connectivity index is 1.57. The first-order valence-corrected chi connectivity index (χ1v) is 9.78. The van der Waals surface area contributed by atoms with Crippen molar-refractivity contribution in [3.63, 3.8) is 0 Å². The molecule has 0 atom stereocenters. The summed E-state index contributed by atoms with van der Waals surface area (Å²) in [6, 6.07) is 14.4. The number of phenols is 1. The maximum absolute atomic E-state index is 11.8. The molecule has 2 aromatic carbocycles. The van der Waals surface area contributed by atoms with Gasteiger partial charge in [0.05, 0.1) is 11.9 Å². The van der Waals surface area contributed by atoms with Crippen molar-refractivity contribution in [2.45, 2.75) is 32.1 Å². The summed E-state index contributed by atoms with van der Waals surface area (Å²) in [6.45, 7) is 0. The number of hydrogen-bond acceptors (Lipinski definition) is 4. The number of anilines is 1. The normalized spacial score (nSPS) is 10.7. The molecule has 0 radical (unpaired) electrons. The summed E-state index contributed by atoms with van der Waals surface area (Å²) in [5.41, 5.74) is 3.84. The molecular formula is C20H22IN3O3. The molecule has 0 saturated heterocycles. The number of benzene rings is 2. The van der Waals surface area contributed by atoms with Crippen LogP contribution < -0.4 is 10.7 Å². The van der Waals surface area contributed by atoms with E-state index in [4.69, 9.17) is 0 Å². The van der Waals surface area contributed by atoms with Crippen molar-refractivity contribution in [2.75, 3.05) is 5.32 Å². The molecule has 0 aliphatic rings. The number of nitrogens with zero attached hydrogens (tertiary/aromatic N) is 1. The summed E-state index contributed by atoms with van der Waals surface area (Å²) in [7, 11) is 0. The topological polar surface area (TPSA) is 90.8 Å². The van der Waals surface area contributed by atoms with E-state index in [1.807, 2.05) is 24.3 Å². The van der Waals surface area contributed by atoms with Gasteiger partial charge in [-0.05, 0) is 65.3 Å². The largest absolute Gasteiger partial charge is 0.506 e. The number of halogens is 1. The highest BCUT2D eigenvalue weighted by atomic mass is 127. The quantitative estimate of drug-likeness (QED) is 0.167. The van der Waals surface area contributed by atoms with Gasteiger partial charge in [-0.1, -0.05) is 30.7 Å². The van der Waals surface area contributed by atoms with E-state index in [2.05, 4.69) is 38.4 Å². The number of carbonyl (C=O) groups is 2. The smallest absolute Gasteiger partial charge is 0.240 e. The maximum Gasteiger partial charge on any atom is 0.240 e. The lowest BCUT2D eigenvalue weighted by molar-refractivity contribution is -0.121. The Labute approximate surface area is 172 Å². The van der Waals surface area contributed by atoms with Crippen LogP contribution in [-0.2, 0) is 9.59 Å². The van der Waals surface area contributed by atoms with Gasteiger partial charge < -0.3 is 10.4 Å². The fourth-order valence-electron chi connectivity index (χ4n) is 2.32. The van der Waals surface area contributed by atoms with E-state index in [9.17, 15) is 14.7 Å². The molecule has 0 fully saturated rings. The highest BCUT2D eigenvalue weighted by molar-refractivity contribution is 14.1. The van der Waals surface area contributed by atoms with Gasteiger partial charge >= 0.3 is 0 Å². The molecule has 0 bridgehead atoms. The van der Waals surface area contributed by atoms with Crippen molar-refractivity contribution >= 4 is 46.3 Å². The van der Waals surface area contributed by atoms with E-state index in [0.717, 1.165) is 15.6 Å². The van der Waals surface area contributed by atoms with Crippen LogP contribution in [0.15, 0.2) is 53.6 Å². The van der Waals surface area contributed by atoms with Gasteiger partial charge in [-0.15, -0.1) is 0 Å². The van der Waals surface area contributed by atoms with Crippen molar-refractivity contribution < 1.29 is 14.7 Å². The van der Waals surface area contributed by atoms with Gasteiger partial charge in [0.15, 0.2) is 0 Å². The first-order valence-electron chi connectivity index (χ1n) is 8.70. The Morgan fingerprint density at radius 1 is 0.963 bits per heavy atom. The summed E-state index contributed by atoms with van der Waals surface area (Å²) < 4.78 is 1.14. The number of rotatable bonds is 9. The van der Waals surface area contributed by atoms with E-state index >= 15 is 0 Å². The second-order valence-electron chi connectivity index (χ2n) is 5.97. The van der Waals surface area contributed by atoms with Crippen molar-refractivity contribution in [3.8, 4) is 5.75 Å². The molecule has 0 spiro atoms. The zero-order valence-corrected chi connectivity index (χ0v) is 17.0. The summed E-state index contributed by atoms with van der Waals surface area (Å²) >= 11 is 2.23. The summed E-state index contributed by atoms with van der Waals surface area (Å²) in [4.78, 5) is 23.6. The molecule has 7 heteroatoms. The summed E-state index contributed by atoms with van der Waals surface area (Å²) in [5.74, 6) is -0.244. The van der Waals surface area contributed by atoms with E-state index in [0.29, 0.717) is 31.4 Å². The van der Waals surface area contributed by atoms with E-state index in [1.54, 1.807) is 24.4 Å². The SMILES string of the molecule is O=C(CCCCCC(=O)Nc1ccccc1O)N/N=C/c1ccc(I)cc1. The Bertz CT molecular complexity index is 791. The van der Waals surface area contributed by atoms with Crippen LogP contribution >= 0.6 is 22.6 Å². The molecule has 2 amide bonds. The van der Waals surface area contributed by atoms with Crippen LogP contribution in [0.5, 0.6) is 5.75 Å². The lowest BCUT2D eigenvalue weighted by atomic mass is 10.1. The lowest BCUT2D eigenvalue weighted by Gasteiger charge is -2.06. The van der Waals surface area contributed by atoms with Crippen molar-refractivity contribution in [3.05, 3.63) is 57.7 Å². The fourth-order valence-corrected chi connectivity index (χ4v) is 2.68. The maximum atomic E-state index is 11.8. The number of nitrogens with one attached hydrogen (secondary N) is 2. The van der Waals surface area contributed by atoms with Crippen LogP contribution in [0.25, 0.3) is 0 Å². The number of aromatic hydroxyl groups is 1. The molecule has 2 rings (SSSR count). The number of phenolic OH excluding ortho intramolecular Hbond substituents is 1. The molecule has 0 aliphatic heterocycles. The second-order valence-corrected chi connectivity index (χ2v) is 7.22. The van der Waals surface area contributed by atoms with Gasteiger partial charge in [0, 0.05) is 16.4 Å². The van der Waals surface area contributed by atoms with Crippen LogP contribution in [0, 0.1) is 3.57 Å². The second kappa shape index (κ2) is 11.3. The predicted octanol–water partition coefficient (Wildman–Crippen LogP) is 4.04. The molecule has 0 unspecified atom stereocenters. The van der Waals surface area contributed by atoms with E-state index < -0.39 is 0 Å². The zero-order chi connectivity index (χ0) is 19.5. The molecule has 27 heavy (non-hydrogen) atoms. The number of hydrazone groups is 1. The molecule has 0 aliphatic carbocycles. The van der Waals surface area contributed by atoms with Gasteiger partial charge in [-0.3, -0.25) is 9.59 Å². The van der Waals surface area contributed by atoms with Gasteiger partial charge in [0.1, 0.15) is 5.75 Å². The molecule has 2 aromatic rings. The van der Waals surface area contributed by atoms with Crippen LogP contribution in [-0.4, -0.2) is 23.1 Å². The molecule has 0 aromatic heterocycles. The molecule has 142 valence electrons. The van der Waals surface area contributed by atoms with E-state index in [-0.39, 0.29) is 17.6 Å². The number of amides is 2. The molecule has 3 N–H and O–H groups in total. The minimum absolute atomic E-state index is 0.0494. The third-order valence-corrected chi connectivity index (χ3v) is 4.48. The van der Waals surface area contributed by atoms with Crippen molar-refractivity contribution in [1.82, 2.24) is 5.43 Å². The minimum atomic E-state index is -0.150. The molecule has 6 nitrogen and oxygen atoms in total. The lowest BCUT2D eigenvalue weighted by Crippen LogP contribution is -2.17. The molecule has 0 heterocycles. The van der Waals surface area contributed by atoms with Crippen LogP contribution in [0.4, 0.5) is 5.69 Å². The van der Waals surface area contributed by atoms with Gasteiger partial charge in [-0.2, -0.15) is 5.10 Å². The van der Waals surface area contributed by atoms with Crippen LogP contribution in [0.1, 0.15) is 37.7 Å². The average molecular weight is 479 g/mol. The number of hydrogen-bond donors (Lipinski definition) is 3. The number of unbranched alkanes of at least 4 members (excludes halogenated alkanes) is 2.